The highest BCUT2D eigenvalue weighted by molar-refractivity contribution is 6.33. The van der Waals surface area contributed by atoms with Crippen molar-refractivity contribution in [2.45, 2.75) is 83.8 Å². The van der Waals surface area contributed by atoms with Crippen molar-refractivity contribution >= 4 is 52.5 Å². The van der Waals surface area contributed by atoms with Crippen LogP contribution in [0.5, 0.6) is 0 Å². The zero-order valence-corrected chi connectivity index (χ0v) is 37.0. The van der Waals surface area contributed by atoms with E-state index in [-0.39, 0.29) is 30.6 Å². The van der Waals surface area contributed by atoms with E-state index >= 15 is 0 Å². The summed E-state index contributed by atoms with van der Waals surface area (Å²) < 4.78 is 2.00. The van der Waals surface area contributed by atoms with Crippen molar-refractivity contribution in [1.82, 2.24) is 29.8 Å². The van der Waals surface area contributed by atoms with Crippen LogP contribution in [0.1, 0.15) is 94.5 Å². The Morgan fingerprint density at radius 2 is 1.56 bits per heavy atom. The molecule has 64 heavy (non-hydrogen) atoms. The number of halogens is 1. The highest BCUT2D eigenvalue weighted by atomic mass is 35.5. The summed E-state index contributed by atoms with van der Waals surface area (Å²) in [7, 11) is 0. The molecule has 3 aromatic carbocycles. The summed E-state index contributed by atoms with van der Waals surface area (Å²) in [6.07, 6.45) is 5.73. The Kier molecular flexibility index (Phi) is 12.1. The first-order valence-corrected chi connectivity index (χ1v) is 22.8. The molecule has 0 spiro atoms. The van der Waals surface area contributed by atoms with Crippen molar-refractivity contribution in [3.05, 3.63) is 111 Å². The molecule has 14 heteroatoms. The van der Waals surface area contributed by atoms with E-state index in [0.29, 0.717) is 34.4 Å². The lowest BCUT2D eigenvalue weighted by Crippen LogP contribution is -2.55. The Morgan fingerprint density at radius 1 is 0.844 bits per heavy atom. The number of carbonyl (C=O) groups excluding carboxylic acids is 5. The largest absolute Gasteiger partial charge is 0.371 e. The van der Waals surface area contributed by atoms with E-state index in [1.807, 2.05) is 22.9 Å². The Hall–Kier alpha value is -6.28. The van der Waals surface area contributed by atoms with Crippen molar-refractivity contribution < 1.29 is 24.0 Å². The number of nitrogens with one attached hydrogen (secondary N) is 1. The van der Waals surface area contributed by atoms with Crippen LogP contribution < -0.4 is 10.2 Å². The van der Waals surface area contributed by atoms with E-state index in [2.05, 4.69) is 74.8 Å². The predicted molar refractivity (Wildman–Crippen MR) is 243 cm³/mol. The van der Waals surface area contributed by atoms with Gasteiger partial charge in [-0.1, -0.05) is 47.7 Å². The molecule has 4 aromatic rings. The second-order valence-electron chi connectivity index (χ2n) is 17.8. The van der Waals surface area contributed by atoms with Gasteiger partial charge in [-0.25, -0.2) is 4.85 Å². The molecule has 1 aliphatic carbocycles. The molecule has 5 heterocycles. The number of aromatic nitrogens is 2. The SMILES string of the molecule is [C-]#[N+]c1ccc(-c2nn(Cc3ccc(C#CC4CCC(C(=O)N5CCN(C6CCN(c7ccc8c(c7)C(=O)N(C7CCC(=O)NC7=O)C8=O)CC6)CC5)CC4)cc3)c(C)c2C)cc1Cl. The monoisotopic (exact) mass is 878 g/mol. The number of imide groups is 2. The molecule has 0 radical (unpaired) electrons. The van der Waals surface area contributed by atoms with Crippen LogP contribution >= 0.6 is 11.6 Å². The maximum Gasteiger partial charge on any atom is 0.262 e. The van der Waals surface area contributed by atoms with Crippen LogP contribution in [0.3, 0.4) is 0 Å². The van der Waals surface area contributed by atoms with Crippen LogP contribution in [0.25, 0.3) is 16.1 Å². The summed E-state index contributed by atoms with van der Waals surface area (Å²) in [5, 5.41) is 7.57. The van der Waals surface area contributed by atoms with Crippen LogP contribution in [0.2, 0.25) is 5.02 Å². The quantitative estimate of drug-likeness (QED) is 0.122. The van der Waals surface area contributed by atoms with E-state index < -0.39 is 29.7 Å². The van der Waals surface area contributed by atoms with Gasteiger partial charge in [0.05, 0.1) is 29.9 Å². The third-order valence-corrected chi connectivity index (χ3v) is 14.3. The van der Waals surface area contributed by atoms with E-state index in [9.17, 15) is 24.0 Å². The molecule has 1 unspecified atom stereocenters. The van der Waals surface area contributed by atoms with Gasteiger partial charge in [0.15, 0.2) is 0 Å². The van der Waals surface area contributed by atoms with Gasteiger partial charge in [-0.2, -0.15) is 5.10 Å². The lowest BCUT2D eigenvalue weighted by atomic mass is 9.81. The number of amides is 5. The second kappa shape index (κ2) is 18.1. The van der Waals surface area contributed by atoms with E-state index in [4.69, 9.17) is 23.3 Å². The maximum absolute atomic E-state index is 13.7. The highest BCUT2D eigenvalue weighted by Gasteiger charge is 2.45. The van der Waals surface area contributed by atoms with E-state index in [1.54, 1.807) is 18.2 Å². The Bertz CT molecular complexity index is 2630. The molecule has 13 nitrogen and oxygen atoms in total. The second-order valence-corrected chi connectivity index (χ2v) is 18.2. The summed E-state index contributed by atoms with van der Waals surface area (Å²) in [5.74, 6) is 5.53. The molecule has 1 atom stereocenters. The van der Waals surface area contributed by atoms with Crippen molar-refractivity contribution in [2.24, 2.45) is 11.8 Å². The first-order valence-electron chi connectivity index (χ1n) is 22.4. The van der Waals surface area contributed by atoms with Gasteiger partial charge in [0.2, 0.25) is 23.4 Å². The standard InChI is InChI=1S/C50H51ClN8O5/c1-31-32(2)58(54-46(31)37-14-17-43(52-3)42(51)28-37)30-35-8-6-33(7-9-35)4-5-34-10-12-36(13-11-34)48(62)57-26-24-56(25-27-57)38-20-22-55(23-21-38)39-15-16-40-41(29-39)50(64)59(49(40)63)44-18-19-45(60)53-47(44)61/h6-9,14-17,28-29,34,36,38,44H,10-13,18-27,30H2,1-2H3,(H,53,60,61). The molecular weight excluding hydrogens is 828 g/mol. The summed E-state index contributed by atoms with van der Waals surface area (Å²) in [5.41, 5.74) is 7.93. The topological polar surface area (TPSA) is 133 Å². The minimum Gasteiger partial charge on any atom is -0.371 e. The third-order valence-electron chi connectivity index (χ3n) is 14.0. The van der Waals surface area contributed by atoms with Crippen LogP contribution in [0.15, 0.2) is 60.7 Å². The van der Waals surface area contributed by atoms with Gasteiger partial charge in [-0.05, 0) is 106 Å². The van der Waals surface area contributed by atoms with Gasteiger partial charge < -0.3 is 9.80 Å². The molecule has 4 fully saturated rings. The molecule has 1 saturated carbocycles. The molecule has 1 N–H and O–H groups in total. The highest BCUT2D eigenvalue weighted by Crippen LogP contribution is 2.35. The maximum atomic E-state index is 13.7. The lowest BCUT2D eigenvalue weighted by molar-refractivity contribution is -0.139. The zero-order chi connectivity index (χ0) is 44.6. The van der Waals surface area contributed by atoms with Gasteiger partial charge in [-0.15, -0.1) is 0 Å². The van der Waals surface area contributed by atoms with Crippen molar-refractivity contribution in [2.75, 3.05) is 44.2 Å². The number of piperazine rings is 1. The fourth-order valence-corrected chi connectivity index (χ4v) is 10.3. The number of nitrogens with zero attached hydrogens (tertiary/aromatic N) is 7. The van der Waals surface area contributed by atoms with Crippen molar-refractivity contribution in [1.29, 1.82) is 0 Å². The molecule has 3 saturated heterocycles. The molecular formula is C50H51ClN8O5. The predicted octanol–water partition coefficient (Wildman–Crippen LogP) is 6.79. The normalized spacial score (nSPS) is 21.9. The lowest BCUT2D eigenvalue weighted by Gasteiger charge is -2.44. The van der Waals surface area contributed by atoms with Gasteiger partial charge >= 0.3 is 0 Å². The Balaban J connectivity index is 0.709. The van der Waals surface area contributed by atoms with E-state index in [1.165, 1.54) is 0 Å². The fraction of sp³-hybridized carbons (Fsp3) is 0.420. The number of hydrogen-bond donors (Lipinski definition) is 1. The molecule has 5 amide bonds. The summed E-state index contributed by atoms with van der Waals surface area (Å²) >= 11 is 6.32. The minimum atomic E-state index is -0.978. The third kappa shape index (κ3) is 8.55. The minimum absolute atomic E-state index is 0.0581. The zero-order valence-electron chi connectivity index (χ0n) is 36.2. The van der Waals surface area contributed by atoms with Gasteiger partial charge in [-0.3, -0.25) is 43.8 Å². The number of hydrogen-bond acceptors (Lipinski definition) is 8. The number of rotatable bonds is 7. The molecule has 1 aromatic heterocycles. The first kappa shape index (κ1) is 43.0. The Labute approximate surface area is 378 Å². The van der Waals surface area contributed by atoms with Crippen molar-refractivity contribution in [3.8, 4) is 23.1 Å². The average molecular weight is 879 g/mol. The molecule has 4 aliphatic heterocycles. The number of carbonyl (C=O) groups is 5. The number of piperidine rings is 2. The number of benzene rings is 3. The Morgan fingerprint density at radius 3 is 2.25 bits per heavy atom. The van der Waals surface area contributed by atoms with Crippen LogP contribution in [-0.4, -0.2) is 105 Å². The molecule has 328 valence electrons. The van der Waals surface area contributed by atoms with E-state index in [0.717, 1.165) is 122 Å². The summed E-state index contributed by atoms with van der Waals surface area (Å²) in [4.78, 5) is 75.6. The van der Waals surface area contributed by atoms with Crippen LogP contribution in [-0.2, 0) is 20.9 Å². The van der Waals surface area contributed by atoms with Crippen molar-refractivity contribution in [3.63, 3.8) is 0 Å². The van der Waals surface area contributed by atoms with Gasteiger partial charge in [0.25, 0.3) is 11.8 Å². The van der Waals surface area contributed by atoms with Crippen LogP contribution in [0, 0.1) is 44.1 Å². The molecule has 0 bridgehead atoms. The summed E-state index contributed by atoms with van der Waals surface area (Å²) in [6.45, 7) is 16.9. The fourth-order valence-electron chi connectivity index (χ4n) is 10.1. The number of fused-ring (bicyclic) bond motifs is 1. The van der Waals surface area contributed by atoms with Gasteiger partial charge in [0.1, 0.15) is 6.04 Å². The molecule has 5 aliphatic rings. The summed E-state index contributed by atoms with van der Waals surface area (Å²) in [6, 6.07) is 18.6. The van der Waals surface area contributed by atoms with Gasteiger partial charge in [0, 0.05) is 91.1 Å². The first-order chi connectivity index (χ1) is 30.9. The number of anilines is 1. The smallest absolute Gasteiger partial charge is 0.262 e. The van der Waals surface area contributed by atoms with Crippen LogP contribution in [0.4, 0.5) is 11.4 Å². The molecule has 9 rings (SSSR count). The average Bonchev–Trinajstić information content (AvgIpc) is 3.74.